The SMILES string of the molecule is NC(=O)c1cccc(F)c1-c1ncc(-c2ccc(F)c(F)c2)s1. The van der Waals surface area contributed by atoms with Crippen molar-refractivity contribution in [2.24, 2.45) is 5.73 Å². The molecule has 7 heteroatoms. The lowest BCUT2D eigenvalue weighted by molar-refractivity contribution is 0.100. The van der Waals surface area contributed by atoms with Crippen LogP contribution in [0, 0.1) is 17.5 Å². The Balaban J connectivity index is 2.09. The van der Waals surface area contributed by atoms with E-state index in [4.69, 9.17) is 5.73 Å². The second-order valence-electron chi connectivity index (χ2n) is 4.69. The fraction of sp³-hybridized carbons (Fsp3) is 0. The number of carbonyl (C=O) groups excluding carboxylic acids is 1. The van der Waals surface area contributed by atoms with Crippen molar-refractivity contribution in [2.45, 2.75) is 0 Å². The third-order valence-electron chi connectivity index (χ3n) is 3.20. The predicted octanol–water partition coefficient (Wildman–Crippen LogP) is 3.99. The average molecular weight is 334 g/mol. The summed E-state index contributed by atoms with van der Waals surface area (Å²) >= 11 is 1.05. The van der Waals surface area contributed by atoms with Crippen LogP contribution in [0.15, 0.2) is 42.6 Å². The van der Waals surface area contributed by atoms with E-state index in [1.807, 2.05) is 0 Å². The van der Waals surface area contributed by atoms with Gasteiger partial charge in [-0.05, 0) is 29.8 Å². The van der Waals surface area contributed by atoms with E-state index in [1.165, 1.54) is 30.5 Å². The molecule has 0 bridgehead atoms. The van der Waals surface area contributed by atoms with Crippen LogP contribution in [0.5, 0.6) is 0 Å². The number of halogens is 3. The minimum absolute atomic E-state index is 0.00108. The highest BCUT2D eigenvalue weighted by atomic mass is 32.1. The molecule has 0 unspecified atom stereocenters. The van der Waals surface area contributed by atoms with Gasteiger partial charge in [0.25, 0.3) is 0 Å². The fourth-order valence-electron chi connectivity index (χ4n) is 2.12. The van der Waals surface area contributed by atoms with E-state index in [0.29, 0.717) is 10.4 Å². The van der Waals surface area contributed by atoms with E-state index in [-0.39, 0.29) is 16.1 Å². The highest BCUT2D eigenvalue weighted by Crippen LogP contribution is 2.35. The first-order valence-electron chi connectivity index (χ1n) is 6.47. The average Bonchev–Trinajstić information content (AvgIpc) is 2.99. The van der Waals surface area contributed by atoms with Crippen molar-refractivity contribution in [3.05, 3.63) is 65.6 Å². The molecule has 0 aliphatic heterocycles. The summed E-state index contributed by atoms with van der Waals surface area (Å²) in [6.07, 6.45) is 1.41. The van der Waals surface area contributed by atoms with Gasteiger partial charge in [-0.25, -0.2) is 18.2 Å². The smallest absolute Gasteiger partial charge is 0.249 e. The summed E-state index contributed by atoms with van der Waals surface area (Å²) in [5.41, 5.74) is 5.67. The minimum atomic E-state index is -0.985. The maximum Gasteiger partial charge on any atom is 0.249 e. The predicted molar refractivity (Wildman–Crippen MR) is 81.4 cm³/mol. The lowest BCUT2D eigenvalue weighted by Gasteiger charge is -2.04. The molecule has 2 aromatic carbocycles. The topological polar surface area (TPSA) is 56.0 Å². The molecule has 0 atom stereocenters. The molecule has 0 aliphatic rings. The summed E-state index contributed by atoms with van der Waals surface area (Å²) in [4.78, 5) is 16.0. The van der Waals surface area contributed by atoms with Crippen LogP contribution in [0.25, 0.3) is 21.0 Å². The fourth-order valence-corrected chi connectivity index (χ4v) is 3.09. The summed E-state index contributed by atoms with van der Waals surface area (Å²) in [6.45, 7) is 0. The number of nitrogens with two attached hydrogens (primary N) is 1. The Kier molecular flexibility index (Phi) is 3.87. The van der Waals surface area contributed by atoms with Crippen molar-refractivity contribution >= 4 is 17.2 Å². The van der Waals surface area contributed by atoms with Crippen molar-refractivity contribution in [3.63, 3.8) is 0 Å². The summed E-state index contributed by atoms with van der Waals surface area (Å²) in [5.74, 6) is -3.35. The molecule has 3 aromatic rings. The first-order chi connectivity index (χ1) is 11.0. The Bertz CT molecular complexity index is 908. The third-order valence-corrected chi connectivity index (χ3v) is 4.27. The number of hydrogen-bond acceptors (Lipinski definition) is 3. The van der Waals surface area contributed by atoms with E-state index in [2.05, 4.69) is 4.98 Å². The third kappa shape index (κ3) is 2.83. The van der Waals surface area contributed by atoms with Crippen molar-refractivity contribution < 1.29 is 18.0 Å². The van der Waals surface area contributed by atoms with Gasteiger partial charge in [0.15, 0.2) is 11.6 Å². The van der Waals surface area contributed by atoms with E-state index in [1.54, 1.807) is 0 Å². The van der Waals surface area contributed by atoms with Crippen molar-refractivity contribution in [1.29, 1.82) is 0 Å². The molecule has 0 spiro atoms. The summed E-state index contributed by atoms with van der Waals surface area (Å²) in [5, 5.41) is 0.233. The molecule has 0 saturated heterocycles. The van der Waals surface area contributed by atoms with Crippen LogP contribution < -0.4 is 5.73 Å². The molecule has 0 fully saturated rings. The van der Waals surface area contributed by atoms with Gasteiger partial charge in [-0.15, -0.1) is 11.3 Å². The quantitative estimate of drug-likeness (QED) is 0.787. The number of carbonyl (C=O) groups is 1. The maximum absolute atomic E-state index is 14.1. The lowest BCUT2D eigenvalue weighted by atomic mass is 10.1. The lowest BCUT2D eigenvalue weighted by Crippen LogP contribution is -2.13. The molecule has 3 nitrogen and oxygen atoms in total. The van der Waals surface area contributed by atoms with E-state index < -0.39 is 23.4 Å². The Morgan fingerprint density at radius 3 is 2.52 bits per heavy atom. The van der Waals surface area contributed by atoms with Gasteiger partial charge in [0.1, 0.15) is 10.8 Å². The van der Waals surface area contributed by atoms with E-state index >= 15 is 0 Å². The number of rotatable bonds is 3. The standard InChI is InChI=1S/C16H9F3N2OS/c17-10-5-4-8(6-12(10)19)13-7-21-16(23-13)14-9(15(20)22)2-1-3-11(14)18/h1-7H,(H2,20,22). The summed E-state index contributed by atoms with van der Waals surface area (Å²) < 4.78 is 40.4. The van der Waals surface area contributed by atoms with Gasteiger partial charge in [-0.1, -0.05) is 12.1 Å². The van der Waals surface area contributed by atoms with Gasteiger partial charge in [-0.3, -0.25) is 4.79 Å². The van der Waals surface area contributed by atoms with Crippen LogP contribution in [0.1, 0.15) is 10.4 Å². The molecular weight excluding hydrogens is 325 g/mol. The Labute approximate surface area is 133 Å². The number of thiazole rings is 1. The number of nitrogens with zero attached hydrogens (tertiary/aromatic N) is 1. The molecule has 0 radical (unpaired) electrons. The first-order valence-corrected chi connectivity index (χ1v) is 7.29. The first kappa shape index (κ1) is 15.2. The van der Waals surface area contributed by atoms with E-state index in [0.717, 1.165) is 23.5 Å². The van der Waals surface area contributed by atoms with Crippen LogP contribution in [-0.4, -0.2) is 10.9 Å². The Hall–Kier alpha value is -2.67. The van der Waals surface area contributed by atoms with Crippen LogP contribution in [-0.2, 0) is 0 Å². The second kappa shape index (κ2) is 5.85. The molecule has 1 aromatic heterocycles. The van der Waals surface area contributed by atoms with Crippen molar-refractivity contribution in [3.8, 4) is 21.0 Å². The molecular formula is C16H9F3N2OS. The summed E-state index contributed by atoms with van der Waals surface area (Å²) in [6, 6.07) is 7.40. The van der Waals surface area contributed by atoms with Gasteiger partial charge in [-0.2, -0.15) is 0 Å². The van der Waals surface area contributed by atoms with Gasteiger partial charge >= 0.3 is 0 Å². The monoisotopic (exact) mass is 334 g/mol. The van der Waals surface area contributed by atoms with E-state index in [9.17, 15) is 18.0 Å². The number of aromatic nitrogens is 1. The normalized spacial score (nSPS) is 10.7. The van der Waals surface area contributed by atoms with Crippen molar-refractivity contribution in [1.82, 2.24) is 4.98 Å². The Morgan fingerprint density at radius 1 is 1.04 bits per heavy atom. The molecule has 1 amide bonds. The van der Waals surface area contributed by atoms with Gasteiger partial charge in [0, 0.05) is 6.20 Å². The minimum Gasteiger partial charge on any atom is -0.366 e. The number of benzene rings is 2. The highest BCUT2D eigenvalue weighted by Gasteiger charge is 2.18. The largest absolute Gasteiger partial charge is 0.366 e. The Morgan fingerprint density at radius 2 is 1.83 bits per heavy atom. The molecule has 2 N–H and O–H groups in total. The zero-order valence-corrected chi connectivity index (χ0v) is 12.3. The second-order valence-corrected chi connectivity index (χ2v) is 5.72. The number of amides is 1. The number of primary amides is 1. The van der Waals surface area contributed by atoms with Gasteiger partial charge < -0.3 is 5.73 Å². The highest BCUT2D eigenvalue weighted by molar-refractivity contribution is 7.18. The van der Waals surface area contributed by atoms with Crippen LogP contribution in [0.2, 0.25) is 0 Å². The van der Waals surface area contributed by atoms with Gasteiger partial charge in [0.05, 0.1) is 16.0 Å². The van der Waals surface area contributed by atoms with Crippen LogP contribution >= 0.6 is 11.3 Å². The number of hydrogen-bond donors (Lipinski definition) is 1. The maximum atomic E-state index is 14.1. The zero-order valence-electron chi connectivity index (χ0n) is 11.5. The van der Waals surface area contributed by atoms with Gasteiger partial charge in [0.2, 0.25) is 5.91 Å². The molecule has 0 saturated carbocycles. The van der Waals surface area contributed by atoms with Crippen LogP contribution in [0.4, 0.5) is 13.2 Å². The van der Waals surface area contributed by atoms with Crippen LogP contribution in [0.3, 0.4) is 0 Å². The summed E-state index contributed by atoms with van der Waals surface area (Å²) in [7, 11) is 0. The zero-order chi connectivity index (χ0) is 16.6. The molecule has 1 heterocycles. The molecule has 23 heavy (non-hydrogen) atoms. The molecule has 116 valence electrons. The van der Waals surface area contributed by atoms with Crippen molar-refractivity contribution in [2.75, 3.05) is 0 Å². The molecule has 3 rings (SSSR count). The molecule has 0 aliphatic carbocycles.